The zero-order valence-electron chi connectivity index (χ0n) is 10.3. The number of nitrogens with zero attached hydrogens (tertiary/aromatic N) is 2. The summed E-state index contributed by atoms with van der Waals surface area (Å²) in [6.45, 7) is 3.35. The van der Waals surface area contributed by atoms with Crippen molar-refractivity contribution < 1.29 is 4.39 Å². The van der Waals surface area contributed by atoms with E-state index in [2.05, 4.69) is 11.0 Å². The Morgan fingerprint density at radius 1 is 1.47 bits per heavy atom. The first-order valence-electron chi connectivity index (χ1n) is 5.89. The molecule has 0 N–H and O–H groups in total. The van der Waals surface area contributed by atoms with Gasteiger partial charge in [0.1, 0.15) is 5.82 Å². The van der Waals surface area contributed by atoms with Gasteiger partial charge in [0, 0.05) is 13.1 Å². The standard InChI is InChI=1S/C14H17FN2/c1-11-7-12(3-4-13(11)15)8-17(2)10-14(9-16)5-6-14/h3-4,7H,5-6,8,10H2,1-2H3. The summed E-state index contributed by atoms with van der Waals surface area (Å²) in [4.78, 5) is 2.14. The molecule has 17 heavy (non-hydrogen) atoms. The van der Waals surface area contributed by atoms with E-state index in [1.807, 2.05) is 19.2 Å². The van der Waals surface area contributed by atoms with E-state index in [9.17, 15) is 4.39 Å². The topological polar surface area (TPSA) is 27.0 Å². The average Bonchev–Trinajstić information content (AvgIpc) is 3.04. The molecule has 1 aliphatic carbocycles. The van der Waals surface area contributed by atoms with E-state index in [4.69, 9.17) is 5.26 Å². The van der Waals surface area contributed by atoms with Crippen LogP contribution in [-0.2, 0) is 6.54 Å². The van der Waals surface area contributed by atoms with Gasteiger partial charge in [-0.25, -0.2) is 4.39 Å². The minimum absolute atomic E-state index is 0.107. The van der Waals surface area contributed by atoms with E-state index in [0.717, 1.165) is 31.5 Å². The molecular formula is C14H17FN2. The predicted octanol–water partition coefficient (Wildman–Crippen LogP) is 2.87. The van der Waals surface area contributed by atoms with Crippen LogP contribution in [0, 0.1) is 29.5 Å². The van der Waals surface area contributed by atoms with Crippen LogP contribution in [0.5, 0.6) is 0 Å². The fourth-order valence-electron chi connectivity index (χ4n) is 2.15. The van der Waals surface area contributed by atoms with Gasteiger partial charge in [-0.2, -0.15) is 5.26 Å². The van der Waals surface area contributed by atoms with Gasteiger partial charge in [-0.3, -0.25) is 0 Å². The van der Waals surface area contributed by atoms with Crippen molar-refractivity contribution in [3.8, 4) is 6.07 Å². The Bertz CT molecular complexity index is 458. The van der Waals surface area contributed by atoms with Crippen molar-refractivity contribution in [3.05, 3.63) is 35.1 Å². The SMILES string of the molecule is Cc1cc(CN(C)CC2(C#N)CC2)ccc1F. The molecule has 3 heteroatoms. The van der Waals surface area contributed by atoms with E-state index in [-0.39, 0.29) is 11.2 Å². The molecule has 1 saturated carbocycles. The third-order valence-electron chi connectivity index (χ3n) is 3.34. The molecular weight excluding hydrogens is 215 g/mol. The third kappa shape index (κ3) is 2.83. The Hall–Kier alpha value is -1.40. The Balaban J connectivity index is 1.96. The lowest BCUT2D eigenvalue weighted by atomic mass is 10.1. The van der Waals surface area contributed by atoms with Gasteiger partial charge >= 0.3 is 0 Å². The highest BCUT2D eigenvalue weighted by molar-refractivity contribution is 5.24. The van der Waals surface area contributed by atoms with E-state index < -0.39 is 0 Å². The maximum Gasteiger partial charge on any atom is 0.126 e. The van der Waals surface area contributed by atoms with Gasteiger partial charge in [-0.15, -0.1) is 0 Å². The van der Waals surface area contributed by atoms with Gasteiger partial charge in [0.05, 0.1) is 11.5 Å². The summed E-state index contributed by atoms with van der Waals surface area (Å²) in [6.07, 6.45) is 2.02. The largest absolute Gasteiger partial charge is 0.301 e. The quantitative estimate of drug-likeness (QED) is 0.798. The Kier molecular flexibility index (Phi) is 3.17. The van der Waals surface area contributed by atoms with Gasteiger partial charge < -0.3 is 4.90 Å². The molecule has 90 valence electrons. The number of benzene rings is 1. The first-order chi connectivity index (χ1) is 8.04. The minimum Gasteiger partial charge on any atom is -0.301 e. The van der Waals surface area contributed by atoms with E-state index >= 15 is 0 Å². The number of nitriles is 1. The number of hydrogen-bond donors (Lipinski definition) is 0. The molecule has 2 rings (SSSR count). The van der Waals surface area contributed by atoms with Gasteiger partial charge in [0.25, 0.3) is 0 Å². The van der Waals surface area contributed by atoms with Crippen molar-refractivity contribution in [2.75, 3.05) is 13.6 Å². The second kappa shape index (κ2) is 4.46. The lowest BCUT2D eigenvalue weighted by Gasteiger charge is -2.19. The highest BCUT2D eigenvalue weighted by Gasteiger charge is 2.43. The van der Waals surface area contributed by atoms with Gasteiger partial charge in [-0.1, -0.05) is 12.1 Å². The highest BCUT2D eigenvalue weighted by atomic mass is 19.1. The average molecular weight is 232 g/mol. The van der Waals surface area contributed by atoms with Crippen LogP contribution in [0.4, 0.5) is 4.39 Å². The van der Waals surface area contributed by atoms with Crippen LogP contribution in [0.25, 0.3) is 0 Å². The predicted molar refractivity (Wildman–Crippen MR) is 64.8 cm³/mol. The number of halogens is 1. The zero-order chi connectivity index (χ0) is 12.5. The maximum atomic E-state index is 13.1. The van der Waals surface area contributed by atoms with Crippen molar-refractivity contribution in [2.45, 2.75) is 26.3 Å². The molecule has 1 aromatic carbocycles. The van der Waals surface area contributed by atoms with Crippen LogP contribution in [0.15, 0.2) is 18.2 Å². The van der Waals surface area contributed by atoms with Crippen molar-refractivity contribution in [3.63, 3.8) is 0 Å². The lowest BCUT2D eigenvalue weighted by molar-refractivity contribution is 0.286. The molecule has 0 bridgehead atoms. The summed E-state index contributed by atoms with van der Waals surface area (Å²) >= 11 is 0. The van der Waals surface area contributed by atoms with Crippen LogP contribution in [-0.4, -0.2) is 18.5 Å². The van der Waals surface area contributed by atoms with Crippen molar-refractivity contribution >= 4 is 0 Å². The van der Waals surface area contributed by atoms with Crippen LogP contribution < -0.4 is 0 Å². The molecule has 0 saturated heterocycles. The van der Waals surface area contributed by atoms with Crippen molar-refractivity contribution in [2.24, 2.45) is 5.41 Å². The van der Waals surface area contributed by atoms with Gasteiger partial charge in [0.2, 0.25) is 0 Å². The molecule has 2 nitrogen and oxygen atoms in total. The first-order valence-corrected chi connectivity index (χ1v) is 5.89. The Labute approximate surface area is 102 Å². The van der Waals surface area contributed by atoms with E-state index in [1.54, 1.807) is 6.92 Å². The Morgan fingerprint density at radius 3 is 2.71 bits per heavy atom. The van der Waals surface area contributed by atoms with Gasteiger partial charge in [-0.05, 0) is 44.0 Å². The molecule has 0 radical (unpaired) electrons. The van der Waals surface area contributed by atoms with Crippen LogP contribution in [0.1, 0.15) is 24.0 Å². The zero-order valence-corrected chi connectivity index (χ0v) is 10.3. The Morgan fingerprint density at radius 2 is 2.18 bits per heavy atom. The second-order valence-corrected chi connectivity index (χ2v) is 5.15. The van der Waals surface area contributed by atoms with Crippen LogP contribution in [0.2, 0.25) is 0 Å². The molecule has 0 amide bonds. The molecule has 0 atom stereocenters. The lowest BCUT2D eigenvalue weighted by Crippen LogP contribution is -2.25. The normalized spacial score (nSPS) is 16.9. The van der Waals surface area contributed by atoms with Gasteiger partial charge in [0.15, 0.2) is 0 Å². The minimum atomic E-state index is -0.160. The monoisotopic (exact) mass is 232 g/mol. The maximum absolute atomic E-state index is 13.1. The molecule has 0 unspecified atom stereocenters. The summed E-state index contributed by atoms with van der Waals surface area (Å²) in [7, 11) is 2.01. The van der Waals surface area contributed by atoms with E-state index in [1.165, 1.54) is 6.07 Å². The highest BCUT2D eigenvalue weighted by Crippen LogP contribution is 2.45. The molecule has 0 heterocycles. The molecule has 1 fully saturated rings. The summed E-state index contributed by atoms with van der Waals surface area (Å²) in [5.41, 5.74) is 1.67. The molecule has 0 spiro atoms. The first kappa shape index (κ1) is 12.1. The molecule has 0 aromatic heterocycles. The summed E-state index contributed by atoms with van der Waals surface area (Å²) in [5.74, 6) is -0.160. The summed E-state index contributed by atoms with van der Waals surface area (Å²) < 4.78 is 13.1. The smallest absolute Gasteiger partial charge is 0.126 e. The van der Waals surface area contributed by atoms with E-state index in [0.29, 0.717) is 5.56 Å². The van der Waals surface area contributed by atoms with Crippen LogP contribution in [0.3, 0.4) is 0 Å². The summed E-state index contributed by atoms with van der Waals surface area (Å²) in [5, 5.41) is 9.03. The molecule has 1 aromatic rings. The molecule has 1 aliphatic rings. The molecule has 0 aliphatic heterocycles. The van der Waals surface area contributed by atoms with Crippen molar-refractivity contribution in [1.29, 1.82) is 5.26 Å². The van der Waals surface area contributed by atoms with Crippen molar-refractivity contribution in [1.82, 2.24) is 4.90 Å². The number of aryl methyl sites for hydroxylation is 1. The summed E-state index contributed by atoms with van der Waals surface area (Å²) in [6, 6.07) is 7.58. The number of rotatable bonds is 4. The fraction of sp³-hybridized carbons (Fsp3) is 0.500. The van der Waals surface area contributed by atoms with Crippen LogP contribution >= 0.6 is 0 Å². The third-order valence-corrected chi connectivity index (χ3v) is 3.34. The second-order valence-electron chi connectivity index (χ2n) is 5.15. The fourth-order valence-corrected chi connectivity index (χ4v) is 2.15. The number of hydrogen-bond acceptors (Lipinski definition) is 2.